The molecular formula is C23H35N3O5S2. The van der Waals surface area contributed by atoms with Crippen molar-refractivity contribution in [2.45, 2.75) is 86.6 Å². The molecule has 2 aliphatic heterocycles. The number of anilines is 1. The van der Waals surface area contributed by atoms with Crippen molar-refractivity contribution in [3.63, 3.8) is 0 Å². The standard InChI is InChI=1S/C17H25N3O4S2.C6H10O/c21-25(22)16-12-14(26(23,24)20-10-4-1-5-11-20)8-9-15(16)18-17(19-25)13-6-2-3-7-13;7-5-6-3-1-2-4-6/h8-9,12-13,17-19H,1-7,10-11H2;5-6H,1-4H2. The van der Waals surface area contributed by atoms with Crippen LogP contribution in [0.3, 0.4) is 0 Å². The molecule has 3 fully saturated rings. The van der Waals surface area contributed by atoms with Gasteiger partial charge in [0.25, 0.3) is 0 Å². The molecule has 2 saturated carbocycles. The second kappa shape index (κ2) is 10.4. The maximum absolute atomic E-state index is 12.8. The van der Waals surface area contributed by atoms with Gasteiger partial charge in [0, 0.05) is 19.0 Å². The Labute approximate surface area is 197 Å². The number of carbonyl (C=O) groups excluding carboxylic acids is 1. The fourth-order valence-corrected chi connectivity index (χ4v) is 8.31. The molecule has 2 N–H and O–H groups in total. The predicted octanol–water partition coefficient (Wildman–Crippen LogP) is 3.46. The number of nitrogens with one attached hydrogen (secondary N) is 2. The Morgan fingerprint density at radius 3 is 2.15 bits per heavy atom. The van der Waals surface area contributed by atoms with Crippen molar-refractivity contribution < 1.29 is 21.6 Å². The first-order valence-electron chi connectivity index (χ1n) is 12.2. The summed E-state index contributed by atoms with van der Waals surface area (Å²) in [4.78, 5) is 10.1. The van der Waals surface area contributed by atoms with Gasteiger partial charge in [-0.3, -0.25) is 0 Å². The van der Waals surface area contributed by atoms with Gasteiger partial charge < -0.3 is 10.1 Å². The van der Waals surface area contributed by atoms with Crippen molar-refractivity contribution >= 4 is 32.0 Å². The molecule has 0 radical (unpaired) electrons. The van der Waals surface area contributed by atoms with Crippen LogP contribution in [0.4, 0.5) is 5.69 Å². The summed E-state index contributed by atoms with van der Waals surface area (Å²) in [5, 5.41) is 3.25. The Bertz CT molecular complexity index is 1040. The number of sulfonamides is 2. The number of fused-ring (bicyclic) bond motifs is 1. The van der Waals surface area contributed by atoms with Crippen molar-refractivity contribution in [2.24, 2.45) is 11.8 Å². The van der Waals surface area contributed by atoms with E-state index in [1.807, 2.05) is 0 Å². The number of hydrogen-bond donors (Lipinski definition) is 2. The van der Waals surface area contributed by atoms with Gasteiger partial charge in [0.05, 0.1) is 16.7 Å². The van der Waals surface area contributed by atoms with Crippen LogP contribution in [0.1, 0.15) is 70.6 Å². The lowest BCUT2D eigenvalue weighted by atomic mass is 10.0. The molecule has 0 amide bonds. The van der Waals surface area contributed by atoms with Gasteiger partial charge in [-0.05, 0) is 62.6 Å². The van der Waals surface area contributed by atoms with Crippen LogP contribution < -0.4 is 10.0 Å². The highest BCUT2D eigenvalue weighted by molar-refractivity contribution is 7.90. The molecule has 8 nitrogen and oxygen atoms in total. The smallest absolute Gasteiger partial charge is 0.244 e. The van der Waals surface area contributed by atoms with Crippen LogP contribution in [0.25, 0.3) is 0 Å². The van der Waals surface area contributed by atoms with E-state index >= 15 is 0 Å². The topological polar surface area (TPSA) is 113 Å². The van der Waals surface area contributed by atoms with Crippen LogP contribution in [0.5, 0.6) is 0 Å². The summed E-state index contributed by atoms with van der Waals surface area (Å²) in [7, 11) is -7.40. The molecule has 184 valence electrons. The highest BCUT2D eigenvalue weighted by atomic mass is 32.2. The van der Waals surface area contributed by atoms with Gasteiger partial charge in [-0.1, -0.05) is 32.1 Å². The fourth-order valence-electron chi connectivity index (χ4n) is 5.28. The van der Waals surface area contributed by atoms with Crippen LogP contribution in [0.2, 0.25) is 0 Å². The zero-order chi connectivity index (χ0) is 23.5. The Hall–Kier alpha value is -1.49. The average Bonchev–Trinajstić information content (AvgIpc) is 3.54. The molecule has 5 rings (SSSR count). The molecule has 2 aliphatic carbocycles. The molecule has 1 aromatic carbocycles. The number of aldehydes is 1. The maximum Gasteiger partial charge on any atom is 0.244 e. The SMILES string of the molecule is O=CC1CCCC1.O=S1(=O)NC(C2CCCC2)Nc2ccc(S(=O)(=O)N3CCCCC3)cc21. The van der Waals surface area contributed by atoms with E-state index in [0.717, 1.165) is 64.1 Å². The minimum atomic E-state index is -3.74. The minimum Gasteiger partial charge on any atom is -0.368 e. The van der Waals surface area contributed by atoms with Gasteiger partial charge in [-0.25, -0.2) is 16.8 Å². The molecule has 0 spiro atoms. The zero-order valence-electron chi connectivity index (χ0n) is 19.0. The van der Waals surface area contributed by atoms with E-state index in [0.29, 0.717) is 24.7 Å². The van der Waals surface area contributed by atoms with Crippen molar-refractivity contribution in [3.05, 3.63) is 18.2 Å². The number of piperidine rings is 1. The molecule has 0 aromatic heterocycles. The van der Waals surface area contributed by atoms with E-state index in [1.54, 1.807) is 6.07 Å². The zero-order valence-corrected chi connectivity index (χ0v) is 20.7. The van der Waals surface area contributed by atoms with E-state index in [2.05, 4.69) is 10.0 Å². The summed E-state index contributed by atoms with van der Waals surface area (Å²) in [6.45, 7) is 0.985. The largest absolute Gasteiger partial charge is 0.368 e. The second-order valence-corrected chi connectivity index (χ2v) is 13.2. The lowest BCUT2D eigenvalue weighted by Crippen LogP contribution is -2.48. The molecule has 0 bridgehead atoms. The van der Waals surface area contributed by atoms with Crippen molar-refractivity contribution in [1.29, 1.82) is 0 Å². The lowest BCUT2D eigenvalue weighted by Gasteiger charge is -2.32. The van der Waals surface area contributed by atoms with Crippen LogP contribution in [-0.2, 0) is 24.8 Å². The third-order valence-corrected chi connectivity index (χ3v) is 10.6. The highest BCUT2D eigenvalue weighted by Gasteiger charge is 2.36. The predicted molar refractivity (Wildman–Crippen MR) is 127 cm³/mol. The fraction of sp³-hybridized carbons (Fsp3) is 0.696. The van der Waals surface area contributed by atoms with E-state index in [4.69, 9.17) is 0 Å². The molecule has 1 unspecified atom stereocenters. The lowest BCUT2D eigenvalue weighted by molar-refractivity contribution is -0.110. The summed E-state index contributed by atoms with van der Waals surface area (Å²) in [6.07, 6.45) is 12.5. The summed E-state index contributed by atoms with van der Waals surface area (Å²) < 4.78 is 55.3. The number of nitrogens with zero attached hydrogens (tertiary/aromatic N) is 1. The second-order valence-electron chi connectivity index (χ2n) is 9.59. The van der Waals surface area contributed by atoms with Crippen LogP contribution >= 0.6 is 0 Å². The Morgan fingerprint density at radius 1 is 0.909 bits per heavy atom. The average molecular weight is 498 g/mol. The van der Waals surface area contributed by atoms with Crippen molar-refractivity contribution in [2.75, 3.05) is 18.4 Å². The third kappa shape index (κ3) is 5.61. The molecule has 1 saturated heterocycles. The number of benzene rings is 1. The number of hydrogen-bond acceptors (Lipinski definition) is 6. The summed E-state index contributed by atoms with van der Waals surface area (Å²) in [5.41, 5.74) is 0.484. The van der Waals surface area contributed by atoms with Gasteiger partial charge in [0.1, 0.15) is 11.2 Å². The molecule has 10 heteroatoms. The monoisotopic (exact) mass is 497 g/mol. The van der Waals surface area contributed by atoms with Crippen molar-refractivity contribution in [3.8, 4) is 0 Å². The first-order chi connectivity index (χ1) is 15.8. The van der Waals surface area contributed by atoms with Gasteiger partial charge in [-0.2, -0.15) is 9.03 Å². The van der Waals surface area contributed by atoms with E-state index in [9.17, 15) is 21.6 Å². The quantitative estimate of drug-likeness (QED) is 0.616. The Morgan fingerprint density at radius 2 is 1.55 bits per heavy atom. The normalized spacial score (nSPS) is 26.1. The van der Waals surface area contributed by atoms with E-state index in [-0.39, 0.29) is 21.9 Å². The number of rotatable bonds is 4. The van der Waals surface area contributed by atoms with Gasteiger partial charge in [-0.15, -0.1) is 0 Å². The van der Waals surface area contributed by atoms with E-state index in [1.165, 1.54) is 29.3 Å². The van der Waals surface area contributed by atoms with Crippen molar-refractivity contribution in [1.82, 2.24) is 9.03 Å². The van der Waals surface area contributed by atoms with Gasteiger partial charge in [0.15, 0.2) is 0 Å². The van der Waals surface area contributed by atoms with Crippen LogP contribution in [-0.4, -0.2) is 46.7 Å². The summed E-state index contributed by atoms with van der Waals surface area (Å²) in [6, 6.07) is 4.40. The minimum absolute atomic E-state index is 0.0184. The summed E-state index contributed by atoms with van der Waals surface area (Å²) in [5.74, 6) is 0.690. The maximum atomic E-state index is 12.8. The third-order valence-electron chi connectivity index (χ3n) is 7.25. The van der Waals surface area contributed by atoms with E-state index < -0.39 is 20.0 Å². The first-order valence-corrected chi connectivity index (χ1v) is 15.1. The molecule has 33 heavy (non-hydrogen) atoms. The van der Waals surface area contributed by atoms with Gasteiger partial charge in [0.2, 0.25) is 20.0 Å². The Kier molecular flexibility index (Phi) is 7.77. The molecule has 1 atom stereocenters. The van der Waals surface area contributed by atoms with Crippen LogP contribution in [0.15, 0.2) is 28.0 Å². The summed E-state index contributed by atoms with van der Waals surface area (Å²) >= 11 is 0. The van der Waals surface area contributed by atoms with Gasteiger partial charge >= 0.3 is 0 Å². The van der Waals surface area contributed by atoms with Crippen LogP contribution in [0, 0.1) is 11.8 Å². The highest BCUT2D eigenvalue weighted by Crippen LogP contribution is 2.35. The Balaban J connectivity index is 0.000000318. The number of carbonyl (C=O) groups is 1. The first kappa shape index (κ1) is 24.6. The molecular weight excluding hydrogens is 462 g/mol. The molecule has 2 heterocycles. The molecule has 4 aliphatic rings. The molecule has 1 aromatic rings.